The molecule has 0 saturated heterocycles. The maximum absolute atomic E-state index is 2.50. The van der Waals surface area contributed by atoms with Gasteiger partial charge in [0.25, 0.3) is 0 Å². The van der Waals surface area contributed by atoms with E-state index in [0.29, 0.717) is 0 Å². The fourth-order valence-electron chi connectivity index (χ4n) is 6.70. The Bertz CT molecular complexity index is 2500. The Morgan fingerprint density at radius 2 is 1.07 bits per heavy atom. The van der Waals surface area contributed by atoms with Crippen LogP contribution in [0.5, 0.6) is 0 Å². The predicted octanol–water partition coefficient (Wildman–Crippen LogP) is 11.7. The van der Waals surface area contributed by atoms with Crippen LogP contribution in [0.2, 0.25) is 0 Å². The molecule has 0 unspecified atom stereocenters. The van der Waals surface area contributed by atoms with E-state index in [1.54, 1.807) is 0 Å². The third kappa shape index (κ3) is 3.43. The molecule has 0 bridgehead atoms. The summed E-state index contributed by atoms with van der Waals surface area (Å²) in [5, 5.41) is 7.73. The molecule has 0 radical (unpaired) electrons. The van der Waals surface area contributed by atoms with Crippen molar-refractivity contribution in [1.82, 2.24) is 4.40 Å². The van der Waals surface area contributed by atoms with Crippen LogP contribution in [-0.2, 0) is 0 Å². The van der Waals surface area contributed by atoms with Crippen LogP contribution < -0.4 is 0 Å². The zero-order chi connectivity index (χ0) is 27.6. The van der Waals surface area contributed by atoms with Crippen molar-refractivity contribution in [2.75, 3.05) is 0 Å². The Hall–Kier alpha value is -5.18. The Morgan fingerprint density at radius 1 is 0.405 bits per heavy atom. The van der Waals surface area contributed by atoms with Crippen LogP contribution in [0.1, 0.15) is 0 Å². The molecule has 2 heterocycles. The maximum Gasteiger partial charge on any atom is 0.0634 e. The first-order valence-electron chi connectivity index (χ1n) is 14.4. The number of hydrogen-bond donors (Lipinski definition) is 0. The summed E-state index contributed by atoms with van der Waals surface area (Å²) in [6, 6.07) is 55.4. The fraction of sp³-hybridized carbons (Fsp3) is 0. The van der Waals surface area contributed by atoms with Gasteiger partial charge in [0.2, 0.25) is 0 Å². The largest absolute Gasteiger partial charge is 0.307 e. The van der Waals surface area contributed by atoms with Gasteiger partial charge >= 0.3 is 0 Å². The second kappa shape index (κ2) is 9.17. The van der Waals surface area contributed by atoms with Crippen LogP contribution in [0.3, 0.4) is 0 Å². The molecular formula is C40H25NS. The molecule has 2 heteroatoms. The lowest BCUT2D eigenvalue weighted by Gasteiger charge is -2.11. The maximum atomic E-state index is 2.50. The first-order chi connectivity index (χ1) is 20.8. The Kier molecular flexibility index (Phi) is 5.13. The predicted molar refractivity (Wildman–Crippen MR) is 182 cm³/mol. The monoisotopic (exact) mass is 551 g/mol. The summed E-state index contributed by atoms with van der Waals surface area (Å²) < 4.78 is 5.05. The summed E-state index contributed by atoms with van der Waals surface area (Å²) >= 11 is 1.88. The third-order valence-corrected chi connectivity index (χ3v) is 9.81. The molecule has 0 saturated carbocycles. The Labute approximate surface area is 247 Å². The molecule has 0 amide bonds. The second-order valence-corrected chi connectivity index (χ2v) is 12.0. The molecule has 1 nitrogen and oxygen atoms in total. The number of rotatable bonds is 2. The van der Waals surface area contributed by atoms with E-state index in [1.807, 2.05) is 11.3 Å². The minimum absolute atomic E-state index is 1.23. The van der Waals surface area contributed by atoms with Crippen LogP contribution >= 0.6 is 11.3 Å². The quantitative estimate of drug-likeness (QED) is 0.201. The summed E-state index contributed by atoms with van der Waals surface area (Å²) in [5.41, 5.74) is 8.72. The van der Waals surface area contributed by atoms with Crippen LogP contribution in [0, 0.1) is 0 Å². The zero-order valence-electron chi connectivity index (χ0n) is 22.8. The molecule has 2 aromatic heterocycles. The molecule has 0 N–H and O–H groups in total. The molecule has 0 spiro atoms. The van der Waals surface area contributed by atoms with Gasteiger partial charge in [-0.1, -0.05) is 133 Å². The first-order valence-corrected chi connectivity index (χ1v) is 15.2. The lowest BCUT2D eigenvalue weighted by atomic mass is 9.98. The number of benzene rings is 7. The van der Waals surface area contributed by atoms with E-state index < -0.39 is 0 Å². The summed E-state index contributed by atoms with van der Waals surface area (Å²) in [5.74, 6) is 0. The van der Waals surface area contributed by atoms with Crippen LogP contribution in [0.25, 0.3) is 80.5 Å². The SMILES string of the molecule is c1ccc(-c2ccc(-c3cccc4c3sc3ccccc3n3c5ccc6ccccc6c5c5cccc4c53)cc2)cc1. The minimum Gasteiger partial charge on any atom is -0.307 e. The number of aromatic nitrogens is 1. The smallest absolute Gasteiger partial charge is 0.0634 e. The second-order valence-electron chi connectivity index (χ2n) is 10.9. The number of hydrogen-bond acceptors (Lipinski definition) is 1. The molecule has 7 aromatic carbocycles. The highest BCUT2D eigenvalue weighted by Crippen LogP contribution is 2.42. The van der Waals surface area contributed by atoms with Gasteiger partial charge in [0.05, 0.1) is 21.3 Å². The van der Waals surface area contributed by atoms with Crippen molar-refractivity contribution < 1.29 is 0 Å². The minimum atomic E-state index is 1.23. The third-order valence-electron chi connectivity index (χ3n) is 8.60. The summed E-state index contributed by atoms with van der Waals surface area (Å²) in [7, 11) is 0. The van der Waals surface area contributed by atoms with E-state index in [0.717, 1.165) is 0 Å². The number of para-hydroxylation sites is 2. The van der Waals surface area contributed by atoms with Crippen LogP contribution in [0.4, 0.5) is 0 Å². The fourth-order valence-corrected chi connectivity index (χ4v) is 7.92. The van der Waals surface area contributed by atoms with Gasteiger partial charge in [-0.2, -0.15) is 0 Å². The number of fused-ring (bicyclic) bond motifs is 9. The zero-order valence-corrected chi connectivity index (χ0v) is 23.6. The van der Waals surface area contributed by atoms with Crippen LogP contribution in [0.15, 0.2) is 152 Å². The molecule has 196 valence electrons. The summed E-state index contributed by atoms with van der Waals surface area (Å²) in [6.45, 7) is 0. The molecule has 0 aliphatic rings. The van der Waals surface area contributed by atoms with Crippen molar-refractivity contribution in [2.45, 2.75) is 0 Å². The molecular weight excluding hydrogens is 527 g/mol. The summed E-state index contributed by atoms with van der Waals surface area (Å²) in [6.07, 6.45) is 0. The van der Waals surface area contributed by atoms with E-state index in [-0.39, 0.29) is 0 Å². The van der Waals surface area contributed by atoms with Crippen molar-refractivity contribution in [1.29, 1.82) is 0 Å². The van der Waals surface area contributed by atoms with E-state index in [9.17, 15) is 0 Å². The van der Waals surface area contributed by atoms with Gasteiger partial charge in [-0.15, -0.1) is 11.3 Å². The highest BCUT2D eigenvalue weighted by Gasteiger charge is 2.17. The average Bonchev–Trinajstić information content (AvgIpc) is 3.40. The lowest BCUT2D eigenvalue weighted by Crippen LogP contribution is -1.88. The van der Waals surface area contributed by atoms with Crippen molar-refractivity contribution >= 4 is 69.6 Å². The van der Waals surface area contributed by atoms with Crippen molar-refractivity contribution in [3.8, 4) is 22.3 Å². The van der Waals surface area contributed by atoms with E-state index in [2.05, 4.69) is 156 Å². The van der Waals surface area contributed by atoms with Gasteiger partial charge in [0, 0.05) is 26.2 Å². The van der Waals surface area contributed by atoms with Crippen molar-refractivity contribution in [2.24, 2.45) is 0 Å². The van der Waals surface area contributed by atoms with Gasteiger partial charge in [-0.25, -0.2) is 0 Å². The molecule has 0 fully saturated rings. The molecule has 0 aliphatic carbocycles. The van der Waals surface area contributed by atoms with E-state index >= 15 is 0 Å². The van der Waals surface area contributed by atoms with Gasteiger partial charge in [-0.05, 0) is 51.2 Å². The standard InChI is InChI=1S/C40H25NS/c1-2-10-26(11-3-1)27-20-22-29(23-21-27)31-14-8-16-33-32-15-9-17-34-38-30-13-5-4-12-28(30)24-25-36(38)41(39(32)34)35-18-6-7-19-37(35)42-40(31)33/h1-25H. The highest BCUT2D eigenvalue weighted by atomic mass is 32.1. The van der Waals surface area contributed by atoms with E-state index in [4.69, 9.17) is 0 Å². The Balaban J connectivity index is 1.44. The molecule has 9 rings (SSSR count). The lowest BCUT2D eigenvalue weighted by molar-refractivity contribution is 1.36. The average molecular weight is 552 g/mol. The van der Waals surface area contributed by atoms with Crippen molar-refractivity contribution in [3.05, 3.63) is 152 Å². The van der Waals surface area contributed by atoms with Gasteiger partial charge in [0.1, 0.15) is 0 Å². The van der Waals surface area contributed by atoms with Gasteiger partial charge in [0.15, 0.2) is 0 Å². The highest BCUT2D eigenvalue weighted by molar-refractivity contribution is 7.24. The summed E-state index contributed by atoms with van der Waals surface area (Å²) in [4.78, 5) is 0. The van der Waals surface area contributed by atoms with Crippen LogP contribution in [-0.4, -0.2) is 4.40 Å². The topological polar surface area (TPSA) is 4.41 Å². The normalized spacial score (nSPS) is 11.8. The van der Waals surface area contributed by atoms with Gasteiger partial charge in [-0.3, -0.25) is 0 Å². The molecule has 0 atom stereocenters. The van der Waals surface area contributed by atoms with Crippen molar-refractivity contribution in [3.63, 3.8) is 0 Å². The molecule has 9 aromatic rings. The Morgan fingerprint density at radius 3 is 1.98 bits per heavy atom. The number of nitrogens with zero attached hydrogens (tertiary/aromatic N) is 1. The molecule has 42 heavy (non-hydrogen) atoms. The molecule has 0 aliphatic heterocycles. The first kappa shape index (κ1) is 23.5. The van der Waals surface area contributed by atoms with Gasteiger partial charge < -0.3 is 4.40 Å². The van der Waals surface area contributed by atoms with E-state index in [1.165, 1.54) is 80.5 Å².